The zero-order chi connectivity index (χ0) is 15.0. The SMILES string of the molecule is CC1(C)CCC(CN2C(=O)CCCc3cc(I)ccc32)O1. The number of aryl methyl sites for hydroxylation is 1. The Kier molecular flexibility index (Phi) is 4.28. The fourth-order valence-corrected chi connectivity index (χ4v) is 3.88. The minimum absolute atomic E-state index is 0.0472. The van der Waals surface area contributed by atoms with Crippen LogP contribution in [0.25, 0.3) is 0 Å². The molecule has 0 spiro atoms. The number of carbonyl (C=O) groups excluding carboxylic acids is 1. The fourth-order valence-electron chi connectivity index (χ4n) is 3.33. The van der Waals surface area contributed by atoms with Crippen molar-refractivity contribution in [2.75, 3.05) is 11.4 Å². The standard InChI is InChI=1S/C17H22INO2/c1-17(2)9-8-14(21-17)11-19-15-7-6-13(18)10-12(15)4-3-5-16(19)20/h6-7,10,14H,3-5,8-9,11H2,1-2H3. The molecule has 1 saturated heterocycles. The third-order valence-corrected chi connectivity index (χ3v) is 5.08. The molecule has 0 radical (unpaired) electrons. The quantitative estimate of drug-likeness (QED) is 0.706. The second-order valence-corrected chi connectivity index (χ2v) is 7.91. The first-order valence-electron chi connectivity index (χ1n) is 7.71. The molecule has 1 aromatic rings. The second-order valence-electron chi connectivity index (χ2n) is 6.67. The van der Waals surface area contributed by atoms with Crippen LogP contribution in [-0.2, 0) is 16.0 Å². The van der Waals surface area contributed by atoms with Gasteiger partial charge in [-0.15, -0.1) is 0 Å². The molecule has 1 fully saturated rings. The molecule has 21 heavy (non-hydrogen) atoms. The molecule has 1 amide bonds. The van der Waals surface area contributed by atoms with Gasteiger partial charge in [-0.3, -0.25) is 4.79 Å². The van der Waals surface area contributed by atoms with E-state index in [9.17, 15) is 4.79 Å². The van der Waals surface area contributed by atoms with Crippen molar-refractivity contribution in [3.8, 4) is 0 Å². The van der Waals surface area contributed by atoms with Gasteiger partial charge in [0.25, 0.3) is 0 Å². The highest BCUT2D eigenvalue weighted by Crippen LogP contribution is 2.33. The van der Waals surface area contributed by atoms with Gasteiger partial charge in [0.1, 0.15) is 0 Å². The first-order valence-corrected chi connectivity index (χ1v) is 8.79. The summed E-state index contributed by atoms with van der Waals surface area (Å²) in [5.41, 5.74) is 2.34. The number of nitrogens with zero attached hydrogens (tertiary/aromatic N) is 1. The van der Waals surface area contributed by atoms with Crippen molar-refractivity contribution in [3.05, 3.63) is 27.3 Å². The summed E-state index contributed by atoms with van der Waals surface area (Å²) in [6.45, 7) is 4.96. The van der Waals surface area contributed by atoms with Gasteiger partial charge in [-0.1, -0.05) is 0 Å². The topological polar surface area (TPSA) is 29.5 Å². The summed E-state index contributed by atoms with van der Waals surface area (Å²) in [7, 11) is 0. The van der Waals surface area contributed by atoms with Crippen molar-refractivity contribution < 1.29 is 9.53 Å². The molecule has 0 saturated carbocycles. The van der Waals surface area contributed by atoms with Gasteiger partial charge in [0.05, 0.1) is 18.2 Å². The molecule has 1 atom stereocenters. The number of fused-ring (bicyclic) bond motifs is 1. The number of ether oxygens (including phenoxy) is 1. The minimum Gasteiger partial charge on any atom is -0.370 e. The average molecular weight is 399 g/mol. The number of hydrogen-bond acceptors (Lipinski definition) is 2. The van der Waals surface area contributed by atoms with Crippen LogP contribution in [0.1, 0.15) is 45.1 Å². The lowest BCUT2D eigenvalue weighted by molar-refractivity contribution is -0.119. The molecule has 3 rings (SSSR count). The molecule has 2 aliphatic rings. The number of hydrogen-bond donors (Lipinski definition) is 0. The summed E-state index contributed by atoms with van der Waals surface area (Å²) in [5.74, 6) is 0.239. The Balaban J connectivity index is 1.84. The molecule has 1 aromatic carbocycles. The molecule has 4 heteroatoms. The monoisotopic (exact) mass is 399 g/mol. The molecule has 0 aliphatic carbocycles. The van der Waals surface area contributed by atoms with Crippen molar-refractivity contribution in [1.82, 2.24) is 0 Å². The van der Waals surface area contributed by atoms with Crippen LogP contribution in [-0.4, -0.2) is 24.2 Å². The van der Waals surface area contributed by atoms with Gasteiger partial charge in [0.15, 0.2) is 0 Å². The third-order valence-electron chi connectivity index (χ3n) is 4.41. The van der Waals surface area contributed by atoms with Crippen LogP contribution in [0.5, 0.6) is 0 Å². The van der Waals surface area contributed by atoms with Crippen LogP contribution in [0.3, 0.4) is 0 Å². The fraction of sp³-hybridized carbons (Fsp3) is 0.588. The summed E-state index contributed by atoms with van der Waals surface area (Å²) in [6.07, 6.45) is 4.84. The van der Waals surface area contributed by atoms with E-state index in [4.69, 9.17) is 4.74 Å². The predicted octanol–water partition coefficient (Wildman–Crippen LogP) is 3.92. The molecule has 114 valence electrons. The molecule has 3 nitrogen and oxygen atoms in total. The molecular weight excluding hydrogens is 377 g/mol. The predicted molar refractivity (Wildman–Crippen MR) is 92.6 cm³/mol. The molecule has 2 aliphatic heterocycles. The van der Waals surface area contributed by atoms with E-state index in [0.29, 0.717) is 13.0 Å². The van der Waals surface area contributed by atoms with Crippen LogP contribution in [0, 0.1) is 3.57 Å². The largest absolute Gasteiger partial charge is 0.370 e. The van der Waals surface area contributed by atoms with E-state index in [0.717, 1.165) is 31.4 Å². The van der Waals surface area contributed by atoms with E-state index in [1.54, 1.807) is 0 Å². The van der Waals surface area contributed by atoms with Gasteiger partial charge in [0, 0.05) is 15.7 Å². The van der Waals surface area contributed by atoms with Gasteiger partial charge < -0.3 is 9.64 Å². The highest BCUT2D eigenvalue weighted by molar-refractivity contribution is 14.1. The molecule has 0 N–H and O–H groups in total. The van der Waals surface area contributed by atoms with Crippen molar-refractivity contribution in [2.45, 2.75) is 57.7 Å². The van der Waals surface area contributed by atoms with Crippen molar-refractivity contribution in [2.24, 2.45) is 0 Å². The van der Waals surface area contributed by atoms with Crippen molar-refractivity contribution in [3.63, 3.8) is 0 Å². The Bertz CT molecular complexity index is 556. The summed E-state index contributed by atoms with van der Waals surface area (Å²) < 4.78 is 7.32. The summed E-state index contributed by atoms with van der Waals surface area (Å²) in [4.78, 5) is 14.4. The van der Waals surface area contributed by atoms with E-state index in [1.165, 1.54) is 9.13 Å². The third kappa shape index (κ3) is 3.42. The Morgan fingerprint density at radius 3 is 2.90 bits per heavy atom. The smallest absolute Gasteiger partial charge is 0.227 e. The maximum absolute atomic E-state index is 12.5. The van der Waals surface area contributed by atoms with Crippen molar-refractivity contribution >= 4 is 34.2 Å². The van der Waals surface area contributed by atoms with Gasteiger partial charge in [-0.25, -0.2) is 0 Å². The lowest BCUT2D eigenvalue weighted by Gasteiger charge is -2.27. The van der Waals surface area contributed by atoms with Crippen molar-refractivity contribution in [1.29, 1.82) is 0 Å². The first kappa shape index (κ1) is 15.3. The van der Waals surface area contributed by atoms with Gasteiger partial charge in [-0.2, -0.15) is 0 Å². The van der Waals surface area contributed by atoms with Gasteiger partial charge in [-0.05, 0) is 85.9 Å². The molecule has 2 heterocycles. The maximum atomic E-state index is 12.5. The van der Waals surface area contributed by atoms with Crippen LogP contribution < -0.4 is 4.90 Å². The minimum atomic E-state index is -0.0472. The Morgan fingerprint density at radius 1 is 1.38 bits per heavy atom. The lowest BCUT2D eigenvalue weighted by atomic mass is 10.1. The Hall–Kier alpha value is -0.620. The van der Waals surface area contributed by atoms with Crippen LogP contribution in [0.15, 0.2) is 18.2 Å². The van der Waals surface area contributed by atoms with Crippen LogP contribution in [0.2, 0.25) is 0 Å². The van der Waals surface area contributed by atoms with E-state index in [1.807, 2.05) is 4.90 Å². The van der Waals surface area contributed by atoms with Gasteiger partial charge >= 0.3 is 0 Å². The lowest BCUT2D eigenvalue weighted by Crippen LogP contribution is -2.38. The molecule has 0 aromatic heterocycles. The van der Waals surface area contributed by atoms with Gasteiger partial charge in [0.2, 0.25) is 5.91 Å². The number of amides is 1. The molecule has 1 unspecified atom stereocenters. The zero-order valence-corrected chi connectivity index (χ0v) is 14.9. The van der Waals surface area contributed by atoms with Crippen LogP contribution >= 0.6 is 22.6 Å². The zero-order valence-electron chi connectivity index (χ0n) is 12.7. The summed E-state index contributed by atoms with van der Waals surface area (Å²) >= 11 is 2.34. The number of rotatable bonds is 2. The maximum Gasteiger partial charge on any atom is 0.227 e. The van der Waals surface area contributed by atoms with E-state index < -0.39 is 0 Å². The average Bonchev–Trinajstić information content (AvgIpc) is 2.68. The number of anilines is 1. The first-order chi connectivity index (χ1) is 9.94. The summed E-state index contributed by atoms with van der Waals surface area (Å²) in [6, 6.07) is 6.39. The van der Waals surface area contributed by atoms with E-state index >= 15 is 0 Å². The normalized spacial score (nSPS) is 24.8. The molecule has 0 bridgehead atoms. The molecular formula is C17H22INO2. The Morgan fingerprint density at radius 2 is 2.19 bits per heavy atom. The van der Waals surface area contributed by atoms with E-state index in [-0.39, 0.29) is 17.6 Å². The number of benzene rings is 1. The second kappa shape index (κ2) is 5.88. The van der Waals surface area contributed by atoms with E-state index in [2.05, 4.69) is 54.6 Å². The number of halogens is 1. The van der Waals surface area contributed by atoms with Crippen LogP contribution in [0.4, 0.5) is 5.69 Å². The summed E-state index contributed by atoms with van der Waals surface area (Å²) in [5, 5.41) is 0. The number of carbonyl (C=O) groups is 1. The highest BCUT2D eigenvalue weighted by Gasteiger charge is 2.34. The Labute approximate surface area is 140 Å². The highest BCUT2D eigenvalue weighted by atomic mass is 127.